The Hall–Kier alpha value is 0.531. The van der Waals surface area contributed by atoms with Crippen molar-refractivity contribution in [2.45, 2.75) is 84.5 Å². The molecule has 3 nitrogen and oxygen atoms in total. The van der Waals surface area contributed by atoms with Crippen molar-refractivity contribution in [1.29, 1.82) is 0 Å². The first-order valence-electron chi connectivity index (χ1n) is 7.67. The summed E-state index contributed by atoms with van der Waals surface area (Å²) in [6.45, 7) is 22.9. The van der Waals surface area contributed by atoms with Gasteiger partial charge in [0.25, 0.3) is 0 Å². The van der Waals surface area contributed by atoms with Crippen LogP contribution in [0.15, 0.2) is 0 Å². The highest BCUT2D eigenvalue weighted by Crippen LogP contribution is 2.18. The summed E-state index contributed by atoms with van der Waals surface area (Å²) in [6.07, 6.45) is 1.34. The number of hydrogen-bond acceptors (Lipinski definition) is 3. The highest BCUT2D eigenvalue weighted by Gasteiger charge is 2.27. The molecule has 0 aromatic carbocycles. The lowest BCUT2D eigenvalue weighted by Gasteiger charge is -2.32. The van der Waals surface area contributed by atoms with Crippen molar-refractivity contribution in [1.82, 2.24) is 0 Å². The molecule has 0 aliphatic heterocycles. The Morgan fingerprint density at radius 3 is 1.50 bits per heavy atom. The summed E-state index contributed by atoms with van der Waals surface area (Å²) < 4.78 is 18.5. The quantitative estimate of drug-likeness (QED) is 0.572. The van der Waals surface area contributed by atoms with Gasteiger partial charge in [-0.15, -0.1) is 0 Å². The van der Waals surface area contributed by atoms with Gasteiger partial charge in [-0.3, -0.25) is 0 Å². The van der Waals surface area contributed by atoms with Crippen LogP contribution in [0, 0.1) is 0 Å². The largest absolute Gasteiger partial charge is 0.415 e. The maximum atomic E-state index is 6.29. The van der Waals surface area contributed by atoms with E-state index in [2.05, 4.69) is 65.8 Å². The molecule has 0 bridgehead atoms. The first-order valence-corrected chi connectivity index (χ1v) is 17.9. The van der Waals surface area contributed by atoms with Gasteiger partial charge in [-0.1, -0.05) is 0 Å². The van der Waals surface area contributed by atoms with Gasteiger partial charge in [-0.25, -0.2) is 0 Å². The molecule has 0 aromatic rings. The normalized spacial score (nSPS) is 17.1. The van der Waals surface area contributed by atoms with Gasteiger partial charge in [0.1, 0.15) is 0 Å². The molecule has 0 aliphatic carbocycles. The van der Waals surface area contributed by atoms with Crippen LogP contribution in [-0.2, 0) is 13.3 Å². The number of hydrogen-bond donors (Lipinski definition) is 0. The van der Waals surface area contributed by atoms with E-state index >= 15 is 0 Å². The zero-order valence-corrected chi connectivity index (χ0v) is 18.3. The summed E-state index contributed by atoms with van der Waals surface area (Å²) in [4.78, 5) is 0. The van der Waals surface area contributed by atoms with E-state index in [4.69, 9.17) is 13.3 Å². The van der Waals surface area contributed by atoms with Crippen molar-refractivity contribution in [3.8, 4) is 0 Å². The monoisotopic (exact) mass is 336 g/mol. The third kappa shape index (κ3) is 13.5. The van der Waals surface area contributed by atoms with E-state index in [1.54, 1.807) is 0 Å². The zero-order chi connectivity index (χ0) is 16.2. The third-order valence-electron chi connectivity index (χ3n) is 2.37. The molecule has 122 valence electrons. The molecular weight excluding hydrogens is 300 g/mol. The molecule has 0 aliphatic rings. The first-order chi connectivity index (χ1) is 8.68. The summed E-state index contributed by atoms with van der Waals surface area (Å²) in [7, 11) is -4.52. The predicted molar refractivity (Wildman–Crippen MR) is 96.0 cm³/mol. The van der Waals surface area contributed by atoms with Crippen LogP contribution in [0.1, 0.15) is 13.3 Å². The molecule has 0 amide bonds. The summed E-state index contributed by atoms with van der Waals surface area (Å²) in [5, 5.41) is 0. The van der Waals surface area contributed by atoms with E-state index in [0.717, 1.165) is 6.42 Å². The van der Waals surface area contributed by atoms with Gasteiger partial charge in [-0.2, -0.15) is 0 Å². The molecule has 0 spiro atoms. The van der Waals surface area contributed by atoms with Gasteiger partial charge < -0.3 is 13.3 Å². The van der Waals surface area contributed by atoms with Gasteiger partial charge in [-0.05, 0) is 72.3 Å². The zero-order valence-electron chi connectivity index (χ0n) is 15.3. The molecule has 0 saturated carbocycles. The van der Waals surface area contributed by atoms with Crippen molar-refractivity contribution in [2.75, 3.05) is 6.61 Å². The Morgan fingerprint density at radius 1 is 0.700 bits per heavy atom. The maximum absolute atomic E-state index is 6.29. The second-order valence-electron chi connectivity index (χ2n) is 8.55. The number of rotatable bonds is 9. The molecule has 6 heteroatoms. The molecule has 2 unspecified atom stereocenters. The smallest absolute Gasteiger partial charge is 0.184 e. The molecule has 0 rings (SSSR count). The lowest BCUT2D eigenvalue weighted by Crippen LogP contribution is -2.41. The Labute approximate surface area is 129 Å². The molecule has 2 atom stereocenters. The van der Waals surface area contributed by atoms with Crippen molar-refractivity contribution in [3.63, 3.8) is 0 Å². The van der Waals surface area contributed by atoms with E-state index in [9.17, 15) is 0 Å². The van der Waals surface area contributed by atoms with Crippen LogP contribution >= 0.6 is 0 Å². The highest BCUT2D eigenvalue weighted by molar-refractivity contribution is 6.70. The molecule has 0 radical (unpaired) electrons. The van der Waals surface area contributed by atoms with Crippen LogP contribution in [0.4, 0.5) is 0 Å². The summed E-state index contributed by atoms with van der Waals surface area (Å²) >= 11 is 0. The van der Waals surface area contributed by atoms with Gasteiger partial charge in [0.05, 0.1) is 12.7 Å². The summed E-state index contributed by atoms with van der Waals surface area (Å²) in [6, 6.07) is 0. The average Bonchev–Trinajstić information content (AvgIpc) is 2.06. The third-order valence-corrected chi connectivity index (χ3v) is 5.55. The molecule has 0 aromatic heterocycles. The molecule has 0 fully saturated rings. The summed E-state index contributed by atoms with van der Waals surface area (Å²) in [5.41, 5.74) is 0. The van der Waals surface area contributed by atoms with Crippen molar-refractivity contribution in [2.24, 2.45) is 0 Å². The maximum Gasteiger partial charge on any atom is 0.184 e. The minimum atomic E-state index is -1.55. The fourth-order valence-corrected chi connectivity index (χ4v) is 5.17. The topological polar surface area (TPSA) is 27.7 Å². The van der Waals surface area contributed by atoms with Crippen molar-refractivity contribution < 1.29 is 13.3 Å². The molecule has 20 heavy (non-hydrogen) atoms. The van der Waals surface area contributed by atoms with Crippen molar-refractivity contribution in [3.05, 3.63) is 0 Å². The van der Waals surface area contributed by atoms with Gasteiger partial charge in [0.15, 0.2) is 25.0 Å². The minimum absolute atomic E-state index is 0.166. The van der Waals surface area contributed by atoms with Gasteiger partial charge in [0.2, 0.25) is 0 Å². The molecule has 0 saturated heterocycles. The second-order valence-corrected chi connectivity index (χ2v) is 22.0. The Morgan fingerprint density at radius 2 is 1.15 bits per heavy atom. The average molecular weight is 337 g/mol. The fourth-order valence-electron chi connectivity index (χ4n) is 2.02. The van der Waals surface area contributed by atoms with E-state index in [1.165, 1.54) is 0 Å². The SMILES string of the molecule is CC(CC(CO[Si](C)(C)C)O[Si](C)(C)C)O[Si](C)(C)C. The van der Waals surface area contributed by atoms with Crippen molar-refractivity contribution >= 4 is 25.0 Å². The lowest BCUT2D eigenvalue weighted by atomic mass is 10.2. The Balaban J connectivity index is 4.53. The molecule has 0 N–H and O–H groups in total. The highest BCUT2D eigenvalue weighted by atomic mass is 28.4. The van der Waals surface area contributed by atoms with Crippen LogP contribution in [0.25, 0.3) is 0 Å². The predicted octanol–water partition coefficient (Wildman–Crippen LogP) is 4.69. The van der Waals surface area contributed by atoms with Crippen LogP contribution in [0.5, 0.6) is 0 Å². The van der Waals surface area contributed by atoms with Gasteiger partial charge in [0, 0.05) is 6.10 Å². The van der Waals surface area contributed by atoms with E-state index in [0.29, 0.717) is 6.61 Å². The summed E-state index contributed by atoms with van der Waals surface area (Å²) in [5.74, 6) is 0. The van der Waals surface area contributed by atoms with E-state index < -0.39 is 25.0 Å². The van der Waals surface area contributed by atoms with Crippen LogP contribution in [0.3, 0.4) is 0 Å². The Kier molecular flexibility index (Phi) is 7.89. The second kappa shape index (κ2) is 7.69. The standard InChI is InChI=1S/C14H36O3Si3/c1-13(16-19(5,6)7)11-14(17-20(8,9)10)12-15-18(2,3)4/h13-14H,11-12H2,1-10H3. The lowest BCUT2D eigenvalue weighted by molar-refractivity contribution is 0.0709. The molecule has 0 heterocycles. The van der Waals surface area contributed by atoms with Crippen LogP contribution in [0.2, 0.25) is 58.9 Å². The van der Waals surface area contributed by atoms with Crippen LogP contribution < -0.4 is 0 Å². The Bertz CT molecular complexity index is 277. The van der Waals surface area contributed by atoms with E-state index in [-0.39, 0.29) is 12.2 Å². The minimum Gasteiger partial charge on any atom is -0.415 e. The van der Waals surface area contributed by atoms with Gasteiger partial charge >= 0.3 is 0 Å². The first kappa shape index (κ1) is 20.5. The fraction of sp³-hybridized carbons (Fsp3) is 1.00. The molecular formula is C14H36O3Si3. The van der Waals surface area contributed by atoms with E-state index in [1.807, 2.05) is 0 Å². The van der Waals surface area contributed by atoms with Crippen LogP contribution in [-0.4, -0.2) is 43.8 Å².